The van der Waals surface area contributed by atoms with E-state index in [0.717, 1.165) is 43.5 Å². The highest BCUT2D eigenvalue weighted by Crippen LogP contribution is 2.29. The molecule has 1 atom stereocenters. The van der Waals surface area contributed by atoms with Crippen LogP contribution in [-0.4, -0.2) is 41.5 Å². The third-order valence-corrected chi connectivity index (χ3v) is 5.82. The van der Waals surface area contributed by atoms with Crippen LogP contribution in [0.2, 0.25) is 0 Å². The highest BCUT2D eigenvalue weighted by Gasteiger charge is 2.19. The van der Waals surface area contributed by atoms with Gasteiger partial charge in [-0.15, -0.1) is 10.2 Å². The normalized spacial score (nSPS) is 16.1. The summed E-state index contributed by atoms with van der Waals surface area (Å²) in [5.74, 6) is 1.38. The van der Waals surface area contributed by atoms with Gasteiger partial charge in [-0.3, -0.25) is 9.48 Å². The number of hydrogen-bond acceptors (Lipinski definition) is 6. The van der Waals surface area contributed by atoms with Gasteiger partial charge in [-0.25, -0.2) is 4.98 Å². The fraction of sp³-hybridized carbons (Fsp3) is 0.320. The van der Waals surface area contributed by atoms with E-state index in [9.17, 15) is 4.79 Å². The molecule has 174 valence electrons. The lowest BCUT2D eigenvalue weighted by atomic mass is 10.0. The predicted octanol–water partition coefficient (Wildman–Crippen LogP) is 4.43. The minimum absolute atomic E-state index is 0.0662. The van der Waals surface area contributed by atoms with Crippen LogP contribution in [0.3, 0.4) is 0 Å². The van der Waals surface area contributed by atoms with E-state index in [4.69, 9.17) is 4.74 Å². The van der Waals surface area contributed by atoms with E-state index < -0.39 is 0 Å². The zero-order valence-corrected chi connectivity index (χ0v) is 19.3. The maximum absolute atomic E-state index is 13.4. The van der Waals surface area contributed by atoms with Crippen LogP contribution in [0.15, 0.2) is 55.1 Å². The maximum Gasteiger partial charge on any atom is 0.260 e. The van der Waals surface area contributed by atoms with Crippen LogP contribution >= 0.6 is 0 Å². The number of anilines is 1. The van der Waals surface area contributed by atoms with Gasteiger partial charge in [0.2, 0.25) is 0 Å². The van der Waals surface area contributed by atoms with Crippen molar-refractivity contribution in [3.8, 4) is 28.4 Å². The topological polar surface area (TPSA) is 99.8 Å². The summed E-state index contributed by atoms with van der Waals surface area (Å²) in [5.41, 5.74) is 2.98. The number of ether oxygens (including phenoxy) is 1. The van der Waals surface area contributed by atoms with Crippen molar-refractivity contribution in [3.63, 3.8) is 0 Å². The third-order valence-electron chi connectivity index (χ3n) is 5.82. The van der Waals surface area contributed by atoms with Crippen molar-refractivity contribution in [1.29, 1.82) is 0 Å². The summed E-state index contributed by atoms with van der Waals surface area (Å²) in [6.07, 6.45) is 8.16. The van der Waals surface area contributed by atoms with Crippen molar-refractivity contribution in [3.05, 3.63) is 60.7 Å². The van der Waals surface area contributed by atoms with Gasteiger partial charge in [0.05, 0.1) is 17.9 Å². The third kappa shape index (κ3) is 4.54. The van der Waals surface area contributed by atoms with Gasteiger partial charge < -0.3 is 14.6 Å². The minimum atomic E-state index is -0.284. The molecule has 0 saturated carbocycles. The van der Waals surface area contributed by atoms with Crippen LogP contribution in [0.1, 0.15) is 43.5 Å². The van der Waals surface area contributed by atoms with Gasteiger partial charge in [-0.1, -0.05) is 19.1 Å². The molecule has 1 aromatic carbocycles. The molecule has 2 bridgehead atoms. The van der Waals surface area contributed by atoms with Gasteiger partial charge in [0, 0.05) is 24.8 Å². The van der Waals surface area contributed by atoms with E-state index in [2.05, 4.69) is 32.5 Å². The monoisotopic (exact) mass is 457 g/mol. The Kier molecular flexibility index (Phi) is 6.07. The molecule has 0 aliphatic carbocycles. The largest absolute Gasteiger partial charge is 0.490 e. The Morgan fingerprint density at radius 2 is 2.12 bits per heavy atom. The number of carbonyl (C=O) groups is 1. The maximum atomic E-state index is 13.4. The van der Waals surface area contributed by atoms with Gasteiger partial charge in [0.1, 0.15) is 23.6 Å². The Balaban J connectivity index is 1.53. The Labute approximate surface area is 197 Å². The molecule has 0 saturated heterocycles. The fourth-order valence-corrected chi connectivity index (χ4v) is 4.11. The van der Waals surface area contributed by atoms with Gasteiger partial charge >= 0.3 is 0 Å². The molecule has 0 radical (unpaired) electrons. The second kappa shape index (κ2) is 9.46. The van der Waals surface area contributed by atoms with E-state index in [0.29, 0.717) is 28.6 Å². The standard InChI is InChI=1S/C25H27N7O2/c1-3-11-32-15-19(14-27-32)18-9-10-22-20(13-18)25(33)29-23-8-4-7-21(28-23)24-30-26-16-31(24)12-5-6-17(2)34-22/h4,7-10,13-17H,3,5-6,11-12H2,1-2H3,(H,28,29,33)/t17-/m0/s1. The molecule has 9 heteroatoms. The molecule has 0 spiro atoms. The molecule has 34 heavy (non-hydrogen) atoms. The molecular weight excluding hydrogens is 430 g/mol. The number of hydrogen-bond donors (Lipinski definition) is 1. The highest BCUT2D eigenvalue weighted by molar-refractivity contribution is 6.06. The van der Waals surface area contributed by atoms with Gasteiger partial charge in [0.25, 0.3) is 5.91 Å². The molecule has 0 fully saturated rings. The number of benzene rings is 1. The number of aromatic nitrogens is 6. The Morgan fingerprint density at radius 3 is 3.00 bits per heavy atom. The molecule has 3 aromatic heterocycles. The van der Waals surface area contributed by atoms with E-state index in [-0.39, 0.29) is 12.0 Å². The SMILES string of the molecule is CCCn1cc(-c2ccc3c(c2)C(=O)Nc2cccc(n2)-c2nncn2CCC[C@H](C)O3)cn1. The molecule has 0 unspecified atom stereocenters. The van der Waals surface area contributed by atoms with Crippen molar-refractivity contribution in [2.75, 3.05) is 5.32 Å². The van der Waals surface area contributed by atoms with Crippen LogP contribution < -0.4 is 10.1 Å². The number of carbonyl (C=O) groups excluding carboxylic acids is 1. The molecule has 1 aliphatic rings. The molecule has 1 aliphatic heterocycles. The van der Waals surface area contributed by atoms with Crippen LogP contribution in [0.25, 0.3) is 22.6 Å². The number of fused-ring (bicyclic) bond motifs is 5. The fourth-order valence-electron chi connectivity index (χ4n) is 4.11. The second-order valence-corrected chi connectivity index (χ2v) is 8.48. The molecule has 9 nitrogen and oxygen atoms in total. The summed E-state index contributed by atoms with van der Waals surface area (Å²) >= 11 is 0. The first-order valence-electron chi connectivity index (χ1n) is 11.6. The number of amides is 1. The van der Waals surface area contributed by atoms with Crippen molar-refractivity contribution >= 4 is 11.7 Å². The zero-order valence-electron chi connectivity index (χ0n) is 19.3. The summed E-state index contributed by atoms with van der Waals surface area (Å²) in [4.78, 5) is 18.0. The number of rotatable bonds is 3. The lowest BCUT2D eigenvalue weighted by molar-refractivity contribution is 0.101. The Morgan fingerprint density at radius 1 is 1.21 bits per heavy atom. The van der Waals surface area contributed by atoms with E-state index in [1.54, 1.807) is 12.4 Å². The van der Waals surface area contributed by atoms with Crippen LogP contribution in [0, 0.1) is 0 Å². The first kappa shape index (κ1) is 21.8. The number of aryl methyl sites for hydroxylation is 2. The molecule has 5 rings (SSSR count). The van der Waals surface area contributed by atoms with Gasteiger partial charge in [0.15, 0.2) is 5.82 Å². The second-order valence-electron chi connectivity index (χ2n) is 8.48. The first-order chi connectivity index (χ1) is 16.6. The molecule has 4 aromatic rings. The van der Waals surface area contributed by atoms with Crippen molar-refractivity contribution in [2.24, 2.45) is 0 Å². The quantitative estimate of drug-likeness (QED) is 0.489. The van der Waals surface area contributed by atoms with Gasteiger partial charge in [-0.2, -0.15) is 5.10 Å². The van der Waals surface area contributed by atoms with E-state index in [1.165, 1.54) is 0 Å². The van der Waals surface area contributed by atoms with Crippen LogP contribution in [0.4, 0.5) is 5.82 Å². The average Bonchev–Trinajstić information content (AvgIpc) is 3.49. The van der Waals surface area contributed by atoms with Crippen LogP contribution in [0.5, 0.6) is 5.75 Å². The summed E-state index contributed by atoms with van der Waals surface area (Å²) < 4.78 is 10.1. The van der Waals surface area contributed by atoms with Gasteiger partial charge in [-0.05, 0) is 56.0 Å². The Bertz CT molecular complexity index is 1310. The van der Waals surface area contributed by atoms with Crippen molar-refractivity contribution in [2.45, 2.75) is 52.3 Å². The number of nitrogens with one attached hydrogen (secondary N) is 1. The van der Waals surface area contributed by atoms with Crippen molar-refractivity contribution < 1.29 is 9.53 Å². The summed E-state index contributed by atoms with van der Waals surface area (Å²) in [6.45, 7) is 5.74. The minimum Gasteiger partial charge on any atom is -0.490 e. The predicted molar refractivity (Wildman–Crippen MR) is 128 cm³/mol. The summed E-state index contributed by atoms with van der Waals surface area (Å²) in [7, 11) is 0. The summed E-state index contributed by atoms with van der Waals surface area (Å²) in [6, 6.07) is 11.2. The smallest absolute Gasteiger partial charge is 0.260 e. The summed E-state index contributed by atoms with van der Waals surface area (Å²) in [5, 5.41) is 15.6. The zero-order chi connectivity index (χ0) is 23.5. The van der Waals surface area contributed by atoms with E-state index >= 15 is 0 Å². The number of pyridine rings is 1. The molecular formula is C25H27N7O2. The molecule has 4 heterocycles. The van der Waals surface area contributed by atoms with E-state index in [1.807, 2.05) is 58.9 Å². The lowest BCUT2D eigenvalue weighted by Crippen LogP contribution is -2.19. The van der Waals surface area contributed by atoms with Crippen LogP contribution in [-0.2, 0) is 13.1 Å². The van der Waals surface area contributed by atoms with Crippen molar-refractivity contribution in [1.82, 2.24) is 29.5 Å². The average molecular weight is 458 g/mol. The molecule has 1 N–H and O–H groups in total. The first-order valence-corrected chi connectivity index (χ1v) is 11.6. The highest BCUT2D eigenvalue weighted by atomic mass is 16.5. The molecule has 1 amide bonds. The lowest BCUT2D eigenvalue weighted by Gasteiger charge is -2.19. The Hall–Kier alpha value is -4.01. The number of nitrogens with zero attached hydrogens (tertiary/aromatic N) is 6.